The highest BCUT2D eigenvalue weighted by molar-refractivity contribution is 7.98. The van der Waals surface area contributed by atoms with Crippen LogP contribution in [0.3, 0.4) is 0 Å². The minimum Gasteiger partial charge on any atom is -0.303 e. The maximum absolute atomic E-state index is 13.1. The summed E-state index contributed by atoms with van der Waals surface area (Å²) in [5.74, 6) is 1.14. The summed E-state index contributed by atoms with van der Waals surface area (Å²) >= 11 is 1.95. The van der Waals surface area contributed by atoms with E-state index in [1.165, 1.54) is 69.7 Å². The van der Waals surface area contributed by atoms with Gasteiger partial charge in [-0.15, -0.1) is 0 Å². The number of halogens is 1. The molecule has 1 unspecified atom stereocenters. The zero-order valence-electron chi connectivity index (χ0n) is 14.3. The smallest absolute Gasteiger partial charge is 0.123 e. The first kappa shape index (κ1) is 17.2. The molecule has 23 heavy (non-hydrogen) atoms. The summed E-state index contributed by atoms with van der Waals surface area (Å²) in [6.45, 7) is 7.18. The molecular formula is C19H29FN2S. The highest BCUT2D eigenvalue weighted by Crippen LogP contribution is 2.39. The quantitative estimate of drug-likeness (QED) is 0.728. The first-order chi connectivity index (χ1) is 11.2. The van der Waals surface area contributed by atoms with E-state index in [0.29, 0.717) is 5.41 Å². The summed E-state index contributed by atoms with van der Waals surface area (Å²) in [5.41, 5.74) is 1.75. The molecule has 2 heterocycles. The topological polar surface area (TPSA) is 6.48 Å². The monoisotopic (exact) mass is 336 g/mol. The summed E-state index contributed by atoms with van der Waals surface area (Å²) in [5, 5.41) is 0. The van der Waals surface area contributed by atoms with Gasteiger partial charge in [0, 0.05) is 19.6 Å². The molecule has 1 aromatic rings. The van der Waals surface area contributed by atoms with Crippen molar-refractivity contribution in [3.05, 3.63) is 35.6 Å². The fraction of sp³-hybridized carbons (Fsp3) is 0.684. The number of piperidine rings is 1. The van der Waals surface area contributed by atoms with E-state index in [-0.39, 0.29) is 5.82 Å². The van der Waals surface area contributed by atoms with Gasteiger partial charge in [0.15, 0.2) is 0 Å². The van der Waals surface area contributed by atoms with Gasteiger partial charge < -0.3 is 4.90 Å². The lowest BCUT2D eigenvalue weighted by Crippen LogP contribution is -2.44. The Kier molecular flexibility index (Phi) is 6.00. The van der Waals surface area contributed by atoms with E-state index in [9.17, 15) is 4.39 Å². The van der Waals surface area contributed by atoms with Crippen molar-refractivity contribution in [2.24, 2.45) is 5.41 Å². The van der Waals surface area contributed by atoms with Crippen LogP contribution in [0.2, 0.25) is 0 Å². The Morgan fingerprint density at radius 3 is 2.65 bits per heavy atom. The lowest BCUT2D eigenvalue weighted by Gasteiger charge is -2.40. The van der Waals surface area contributed by atoms with Gasteiger partial charge in [0.1, 0.15) is 5.82 Å². The molecule has 3 rings (SSSR count). The highest BCUT2D eigenvalue weighted by atomic mass is 32.2. The number of rotatable bonds is 6. The molecule has 0 amide bonds. The molecule has 0 bridgehead atoms. The van der Waals surface area contributed by atoms with E-state index in [1.807, 2.05) is 23.9 Å². The van der Waals surface area contributed by atoms with Crippen molar-refractivity contribution in [1.82, 2.24) is 9.80 Å². The van der Waals surface area contributed by atoms with Gasteiger partial charge in [0.2, 0.25) is 0 Å². The molecule has 2 aliphatic heterocycles. The van der Waals surface area contributed by atoms with Gasteiger partial charge in [-0.3, -0.25) is 4.90 Å². The van der Waals surface area contributed by atoms with Gasteiger partial charge in [0.05, 0.1) is 0 Å². The average Bonchev–Trinajstić information content (AvgIpc) is 2.92. The molecule has 4 heteroatoms. The second-order valence-electron chi connectivity index (χ2n) is 7.31. The Balaban J connectivity index is 1.52. The predicted molar refractivity (Wildman–Crippen MR) is 97.4 cm³/mol. The minimum atomic E-state index is -0.138. The van der Waals surface area contributed by atoms with E-state index in [4.69, 9.17) is 0 Å². The van der Waals surface area contributed by atoms with Crippen LogP contribution in [-0.4, -0.2) is 54.5 Å². The fourth-order valence-corrected chi connectivity index (χ4v) is 4.70. The first-order valence-corrected chi connectivity index (χ1v) is 10.3. The summed E-state index contributed by atoms with van der Waals surface area (Å²) in [4.78, 5) is 5.26. The minimum absolute atomic E-state index is 0.138. The molecule has 0 aromatic heterocycles. The fourth-order valence-electron chi connectivity index (χ4n) is 4.28. The zero-order valence-corrected chi connectivity index (χ0v) is 15.1. The van der Waals surface area contributed by atoms with E-state index >= 15 is 0 Å². The van der Waals surface area contributed by atoms with Gasteiger partial charge in [-0.25, -0.2) is 4.39 Å². The van der Waals surface area contributed by atoms with E-state index in [0.717, 1.165) is 6.54 Å². The van der Waals surface area contributed by atoms with Crippen molar-refractivity contribution in [2.75, 3.05) is 44.7 Å². The van der Waals surface area contributed by atoms with Gasteiger partial charge in [0.25, 0.3) is 0 Å². The SMILES string of the molecule is CSCCCN1CCC2(CCCN(Cc3ccc(F)cc3)C2)C1. The molecule has 0 N–H and O–H groups in total. The van der Waals surface area contributed by atoms with Crippen LogP contribution < -0.4 is 0 Å². The summed E-state index contributed by atoms with van der Waals surface area (Å²) in [6.07, 6.45) is 7.55. The van der Waals surface area contributed by atoms with E-state index in [1.54, 1.807) is 12.1 Å². The first-order valence-electron chi connectivity index (χ1n) is 8.87. The van der Waals surface area contributed by atoms with Crippen LogP contribution in [0.25, 0.3) is 0 Å². The molecule has 1 atom stereocenters. The zero-order chi connectivity index (χ0) is 16.1. The van der Waals surface area contributed by atoms with Crippen LogP contribution in [0.5, 0.6) is 0 Å². The molecule has 2 saturated heterocycles. The Hall–Kier alpha value is -0.580. The molecule has 1 spiro atoms. The van der Waals surface area contributed by atoms with Crippen molar-refractivity contribution >= 4 is 11.8 Å². The molecule has 0 saturated carbocycles. The Bertz CT molecular complexity index is 493. The number of thioether (sulfide) groups is 1. The molecule has 128 valence electrons. The van der Waals surface area contributed by atoms with Crippen LogP contribution in [0, 0.1) is 11.2 Å². The van der Waals surface area contributed by atoms with E-state index < -0.39 is 0 Å². The van der Waals surface area contributed by atoms with Crippen LogP contribution in [0.15, 0.2) is 24.3 Å². The second kappa shape index (κ2) is 8.00. The van der Waals surface area contributed by atoms with Crippen molar-refractivity contribution in [3.8, 4) is 0 Å². The van der Waals surface area contributed by atoms with Crippen molar-refractivity contribution in [3.63, 3.8) is 0 Å². The standard InChI is InChI=1S/C19H29FN2S/c1-23-13-3-11-21-12-9-19(15-21)8-2-10-22(16-19)14-17-4-6-18(20)7-5-17/h4-7H,2-3,8-16H2,1H3. The Labute approximate surface area is 144 Å². The maximum atomic E-state index is 13.1. The molecule has 1 aromatic carbocycles. The van der Waals surface area contributed by atoms with Crippen molar-refractivity contribution in [2.45, 2.75) is 32.2 Å². The number of hydrogen-bond acceptors (Lipinski definition) is 3. The summed E-state index contributed by atoms with van der Waals surface area (Å²) in [6, 6.07) is 7.02. The number of likely N-dealkylation sites (tertiary alicyclic amines) is 2. The largest absolute Gasteiger partial charge is 0.303 e. The number of hydrogen-bond donors (Lipinski definition) is 0. The van der Waals surface area contributed by atoms with Crippen LogP contribution >= 0.6 is 11.8 Å². The third kappa shape index (κ3) is 4.71. The van der Waals surface area contributed by atoms with Crippen LogP contribution in [0.4, 0.5) is 4.39 Å². The Morgan fingerprint density at radius 2 is 1.87 bits per heavy atom. The predicted octanol–water partition coefficient (Wildman–Crippen LogP) is 3.87. The summed E-state index contributed by atoms with van der Waals surface area (Å²) in [7, 11) is 0. The van der Waals surface area contributed by atoms with Crippen molar-refractivity contribution in [1.29, 1.82) is 0 Å². The number of nitrogens with zero attached hydrogens (tertiary/aromatic N) is 2. The molecule has 2 nitrogen and oxygen atoms in total. The van der Waals surface area contributed by atoms with Gasteiger partial charge in [-0.05, 0) is 80.4 Å². The molecule has 2 aliphatic rings. The number of benzene rings is 1. The van der Waals surface area contributed by atoms with Gasteiger partial charge >= 0.3 is 0 Å². The molecule has 0 radical (unpaired) electrons. The normalized spacial score (nSPS) is 26.2. The lowest BCUT2D eigenvalue weighted by molar-refractivity contribution is 0.0874. The third-order valence-electron chi connectivity index (χ3n) is 5.40. The highest BCUT2D eigenvalue weighted by Gasteiger charge is 2.40. The third-order valence-corrected chi connectivity index (χ3v) is 6.10. The van der Waals surface area contributed by atoms with Gasteiger partial charge in [-0.1, -0.05) is 12.1 Å². The van der Waals surface area contributed by atoms with Gasteiger partial charge in [-0.2, -0.15) is 11.8 Å². The molecule has 2 fully saturated rings. The van der Waals surface area contributed by atoms with E-state index in [2.05, 4.69) is 16.1 Å². The lowest BCUT2D eigenvalue weighted by atomic mass is 9.79. The average molecular weight is 337 g/mol. The molecule has 0 aliphatic carbocycles. The maximum Gasteiger partial charge on any atom is 0.123 e. The summed E-state index contributed by atoms with van der Waals surface area (Å²) < 4.78 is 13.1. The van der Waals surface area contributed by atoms with Crippen LogP contribution in [-0.2, 0) is 6.54 Å². The van der Waals surface area contributed by atoms with Crippen molar-refractivity contribution < 1.29 is 4.39 Å². The van der Waals surface area contributed by atoms with Crippen LogP contribution in [0.1, 0.15) is 31.2 Å². The molecular weight excluding hydrogens is 307 g/mol. The second-order valence-corrected chi connectivity index (χ2v) is 8.30. The Morgan fingerprint density at radius 1 is 1.09 bits per heavy atom.